The molecule has 28 heavy (non-hydrogen) atoms. The minimum Gasteiger partial charge on any atom is -0.487 e. The van der Waals surface area contributed by atoms with Gasteiger partial charge in [-0.1, -0.05) is 48.0 Å². The number of ether oxygens (including phenoxy) is 1. The van der Waals surface area contributed by atoms with Gasteiger partial charge in [0.05, 0.1) is 11.1 Å². The number of anilines is 1. The molecule has 0 bridgehead atoms. The van der Waals surface area contributed by atoms with Gasteiger partial charge in [0, 0.05) is 23.7 Å². The lowest BCUT2D eigenvalue weighted by atomic mass is 10.2. The average molecular weight is 391 g/mol. The highest BCUT2D eigenvalue weighted by molar-refractivity contribution is 6.30. The summed E-state index contributed by atoms with van der Waals surface area (Å²) in [5.74, 6) is 2.46. The van der Waals surface area contributed by atoms with Crippen molar-refractivity contribution in [2.24, 2.45) is 0 Å². The number of nitrogens with one attached hydrogen (secondary N) is 1. The van der Waals surface area contributed by atoms with Crippen molar-refractivity contribution in [3.05, 3.63) is 71.4 Å². The zero-order chi connectivity index (χ0) is 18.9. The summed E-state index contributed by atoms with van der Waals surface area (Å²) in [6.07, 6.45) is 1.20. The fourth-order valence-corrected chi connectivity index (χ4v) is 3.51. The van der Waals surface area contributed by atoms with E-state index in [0.717, 1.165) is 52.8 Å². The molecule has 2 aromatic heterocycles. The summed E-state index contributed by atoms with van der Waals surface area (Å²) in [5.41, 5.74) is 2.80. The van der Waals surface area contributed by atoms with Gasteiger partial charge in [-0.15, -0.1) is 0 Å². The van der Waals surface area contributed by atoms with Crippen LogP contribution < -0.4 is 9.64 Å². The Balaban J connectivity index is 1.50. The Morgan fingerprint density at radius 2 is 1.86 bits per heavy atom. The largest absolute Gasteiger partial charge is 0.487 e. The molecule has 1 aliphatic rings. The molecule has 140 valence electrons. The monoisotopic (exact) mass is 390 g/mol. The minimum absolute atomic E-state index is 0.414. The van der Waals surface area contributed by atoms with Gasteiger partial charge < -0.3 is 14.6 Å². The highest BCUT2D eigenvalue weighted by atomic mass is 35.5. The standard InChI is InChI=1S/C22H19ClN4O/c23-16-8-4-9-18(12-16)28-14-17-13-19-21(24-17)25-20(15-6-2-1-3-7-15)26-22(19)27-10-5-11-27/h1-4,6-9,12-13H,5,10-11,14H2,(H,24,25,26). The SMILES string of the molecule is Clc1cccc(OCc2cc3c(N4CCC4)nc(-c4ccccc4)nc3[nH]2)c1. The fourth-order valence-electron chi connectivity index (χ4n) is 3.33. The van der Waals surface area contributed by atoms with E-state index in [1.165, 1.54) is 6.42 Å². The molecule has 1 saturated heterocycles. The Morgan fingerprint density at radius 3 is 2.61 bits per heavy atom. The number of benzene rings is 2. The third-order valence-electron chi connectivity index (χ3n) is 4.90. The Kier molecular flexibility index (Phi) is 4.37. The third kappa shape index (κ3) is 3.29. The van der Waals surface area contributed by atoms with Crippen LogP contribution in [0.15, 0.2) is 60.7 Å². The van der Waals surface area contributed by atoms with Gasteiger partial charge in [-0.3, -0.25) is 0 Å². The molecule has 5 nitrogen and oxygen atoms in total. The van der Waals surface area contributed by atoms with Gasteiger partial charge >= 0.3 is 0 Å². The lowest BCUT2D eigenvalue weighted by molar-refractivity contribution is 0.302. The van der Waals surface area contributed by atoms with Crippen molar-refractivity contribution in [2.45, 2.75) is 13.0 Å². The van der Waals surface area contributed by atoms with Gasteiger partial charge in [-0.25, -0.2) is 9.97 Å². The lowest BCUT2D eigenvalue weighted by Crippen LogP contribution is -2.37. The van der Waals surface area contributed by atoms with Crippen LogP contribution in [-0.2, 0) is 6.61 Å². The highest BCUT2D eigenvalue weighted by Gasteiger charge is 2.21. The molecule has 0 saturated carbocycles. The van der Waals surface area contributed by atoms with Gasteiger partial charge in [0.25, 0.3) is 0 Å². The van der Waals surface area contributed by atoms with E-state index in [0.29, 0.717) is 11.6 Å². The molecule has 3 heterocycles. The Labute approximate surface area is 168 Å². The van der Waals surface area contributed by atoms with Crippen LogP contribution in [0.5, 0.6) is 5.75 Å². The van der Waals surface area contributed by atoms with Crippen molar-refractivity contribution < 1.29 is 4.74 Å². The number of hydrogen-bond donors (Lipinski definition) is 1. The maximum Gasteiger partial charge on any atom is 0.163 e. The predicted molar refractivity (Wildman–Crippen MR) is 112 cm³/mol. The number of aromatic nitrogens is 3. The summed E-state index contributed by atoms with van der Waals surface area (Å²) < 4.78 is 5.88. The zero-order valence-electron chi connectivity index (χ0n) is 15.2. The molecule has 4 aromatic rings. The van der Waals surface area contributed by atoms with E-state index >= 15 is 0 Å². The first-order chi connectivity index (χ1) is 13.8. The topological polar surface area (TPSA) is 54.0 Å². The number of halogens is 1. The van der Waals surface area contributed by atoms with Crippen molar-refractivity contribution in [1.29, 1.82) is 0 Å². The molecule has 0 amide bonds. The molecular formula is C22H19ClN4O. The average Bonchev–Trinajstić information content (AvgIpc) is 3.09. The maximum atomic E-state index is 6.03. The Bertz CT molecular complexity index is 1120. The molecule has 1 N–H and O–H groups in total. The molecule has 1 fully saturated rings. The van der Waals surface area contributed by atoms with Crippen LogP contribution in [0.4, 0.5) is 5.82 Å². The second-order valence-corrected chi connectivity index (χ2v) is 7.32. The van der Waals surface area contributed by atoms with Crippen LogP contribution in [0.3, 0.4) is 0 Å². The van der Waals surface area contributed by atoms with E-state index in [4.69, 9.17) is 26.3 Å². The normalized spacial score (nSPS) is 13.5. The summed E-state index contributed by atoms with van der Waals surface area (Å²) in [6, 6.07) is 19.6. The number of H-pyrrole nitrogens is 1. The summed E-state index contributed by atoms with van der Waals surface area (Å²) in [7, 11) is 0. The van der Waals surface area contributed by atoms with Gasteiger partial charge in [0.15, 0.2) is 5.82 Å². The van der Waals surface area contributed by atoms with Crippen LogP contribution >= 0.6 is 11.6 Å². The maximum absolute atomic E-state index is 6.03. The molecule has 0 unspecified atom stereocenters. The van der Waals surface area contributed by atoms with E-state index in [1.54, 1.807) is 0 Å². The molecule has 2 aromatic carbocycles. The lowest BCUT2D eigenvalue weighted by Gasteiger charge is -2.32. The molecule has 0 aliphatic carbocycles. The number of nitrogens with zero attached hydrogens (tertiary/aromatic N) is 3. The van der Waals surface area contributed by atoms with Crippen molar-refractivity contribution >= 4 is 28.5 Å². The van der Waals surface area contributed by atoms with Crippen LogP contribution in [0.1, 0.15) is 12.1 Å². The predicted octanol–water partition coefficient (Wildman–Crippen LogP) is 5.07. The number of hydrogen-bond acceptors (Lipinski definition) is 4. The van der Waals surface area contributed by atoms with Crippen LogP contribution in [0.25, 0.3) is 22.4 Å². The van der Waals surface area contributed by atoms with Crippen molar-refractivity contribution in [2.75, 3.05) is 18.0 Å². The quantitative estimate of drug-likeness (QED) is 0.517. The van der Waals surface area contributed by atoms with Gasteiger partial charge in [0.2, 0.25) is 0 Å². The van der Waals surface area contributed by atoms with Crippen LogP contribution in [-0.4, -0.2) is 28.0 Å². The smallest absolute Gasteiger partial charge is 0.163 e. The Hall–Kier alpha value is -3.05. The third-order valence-corrected chi connectivity index (χ3v) is 5.14. The van der Waals surface area contributed by atoms with Gasteiger partial charge in [0.1, 0.15) is 23.8 Å². The number of rotatable bonds is 5. The van der Waals surface area contributed by atoms with E-state index in [9.17, 15) is 0 Å². The highest BCUT2D eigenvalue weighted by Crippen LogP contribution is 2.31. The molecule has 1 aliphatic heterocycles. The fraction of sp³-hybridized carbons (Fsp3) is 0.182. The molecule has 0 radical (unpaired) electrons. The van der Waals surface area contributed by atoms with Gasteiger partial charge in [-0.2, -0.15) is 0 Å². The van der Waals surface area contributed by atoms with E-state index in [1.807, 2.05) is 54.6 Å². The second kappa shape index (κ2) is 7.17. The second-order valence-electron chi connectivity index (χ2n) is 6.88. The molecular weight excluding hydrogens is 372 g/mol. The summed E-state index contributed by atoms with van der Waals surface area (Å²) in [4.78, 5) is 15.3. The van der Waals surface area contributed by atoms with Crippen molar-refractivity contribution in [3.8, 4) is 17.1 Å². The zero-order valence-corrected chi connectivity index (χ0v) is 16.0. The first-order valence-electron chi connectivity index (χ1n) is 9.35. The number of fused-ring (bicyclic) bond motifs is 1. The van der Waals surface area contributed by atoms with Crippen LogP contribution in [0.2, 0.25) is 5.02 Å². The Morgan fingerprint density at radius 1 is 1.00 bits per heavy atom. The first-order valence-corrected chi connectivity index (χ1v) is 9.72. The van der Waals surface area contributed by atoms with Crippen LogP contribution in [0, 0.1) is 0 Å². The van der Waals surface area contributed by atoms with E-state index < -0.39 is 0 Å². The summed E-state index contributed by atoms with van der Waals surface area (Å²) in [5, 5.41) is 1.69. The minimum atomic E-state index is 0.414. The van der Waals surface area contributed by atoms with Crippen molar-refractivity contribution in [3.63, 3.8) is 0 Å². The van der Waals surface area contributed by atoms with E-state index in [-0.39, 0.29) is 0 Å². The first kappa shape index (κ1) is 17.1. The van der Waals surface area contributed by atoms with E-state index in [2.05, 4.69) is 16.0 Å². The molecule has 6 heteroatoms. The van der Waals surface area contributed by atoms with Crippen molar-refractivity contribution in [1.82, 2.24) is 15.0 Å². The molecule has 0 atom stereocenters. The van der Waals surface area contributed by atoms with Gasteiger partial charge in [-0.05, 0) is 30.7 Å². The molecule has 5 rings (SSSR count). The summed E-state index contributed by atoms with van der Waals surface area (Å²) in [6.45, 7) is 2.47. The molecule has 0 spiro atoms. The number of aromatic amines is 1. The summed E-state index contributed by atoms with van der Waals surface area (Å²) >= 11 is 6.03.